The number of fused-ring (bicyclic) bond motifs is 9. The van der Waals surface area contributed by atoms with Crippen molar-refractivity contribution in [2.75, 3.05) is 0 Å². The highest BCUT2D eigenvalue weighted by Gasteiger charge is 2.36. The summed E-state index contributed by atoms with van der Waals surface area (Å²) in [5, 5.41) is 17.7. The van der Waals surface area contributed by atoms with Gasteiger partial charge in [-0.25, -0.2) is 4.99 Å². The lowest BCUT2D eigenvalue weighted by atomic mass is 9.82. The zero-order valence-electron chi connectivity index (χ0n) is 38.5. The topological polar surface area (TPSA) is 67.2 Å². The van der Waals surface area contributed by atoms with E-state index in [4.69, 9.17) is 11.1 Å². The zero-order chi connectivity index (χ0) is 46.4. The fraction of sp³-hybridized carbons (Fsp3) is 0.0968. The van der Waals surface area contributed by atoms with Crippen molar-refractivity contribution in [3.05, 3.63) is 239 Å². The predicted molar refractivity (Wildman–Crippen MR) is 286 cm³/mol. The number of aliphatic imine (C=N–C) groups is 1. The first-order valence-electron chi connectivity index (χ1n) is 22.4. The van der Waals surface area contributed by atoms with E-state index in [-0.39, 0.29) is 11.3 Å². The molecule has 0 unspecified atom stereocenters. The number of nitrogens with two attached hydrogens (primary N) is 1. The molecule has 0 spiro atoms. The molecule has 0 saturated heterocycles. The quantitative estimate of drug-likeness (QED) is 0.104. The summed E-state index contributed by atoms with van der Waals surface area (Å²) in [6.07, 6.45) is 4.00. The molecule has 4 nitrogen and oxygen atoms in total. The van der Waals surface area contributed by atoms with E-state index in [2.05, 4.69) is 153 Å². The molecular weight excluding hydrogens is 801 g/mol. The van der Waals surface area contributed by atoms with Crippen LogP contribution >= 0.6 is 0 Å². The lowest BCUT2D eigenvalue weighted by molar-refractivity contribution is 0.661. The van der Waals surface area contributed by atoms with Gasteiger partial charge in [0.2, 0.25) is 0 Å². The zero-order valence-corrected chi connectivity index (χ0v) is 38.5. The lowest BCUT2D eigenvalue weighted by Crippen LogP contribution is -2.19. The van der Waals surface area contributed by atoms with Crippen molar-refractivity contribution in [2.45, 2.75) is 33.1 Å². The second-order valence-electron chi connectivity index (χ2n) is 17.1. The van der Waals surface area contributed by atoms with E-state index < -0.39 is 0 Å². The number of aryl methyl sites for hydroxylation is 1. The Hall–Kier alpha value is -8.08. The highest BCUT2D eigenvalue weighted by Crippen LogP contribution is 2.52. The second-order valence-corrected chi connectivity index (χ2v) is 17.1. The Bertz CT molecular complexity index is 3510. The third-order valence-corrected chi connectivity index (χ3v) is 12.6. The van der Waals surface area contributed by atoms with Gasteiger partial charge in [0, 0.05) is 45.4 Å². The molecule has 66 heavy (non-hydrogen) atoms. The maximum atomic E-state index is 7.84. The molecule has 0 bridgehead atoms. The SMILES string of the molecule is C/C=C\C.C=c1ccccc1=C.Cn1c2cc3ccccc3cc2c2cccc(-c3ccc4c(c3)-c3c(ccc5ccccc35)C4(C)C)c21.N=C(N=C(N)c1ccccc1)c1ccccc1. The molecule has 0 amide bonds. The Morgan fingerprint density at radius 1 is 0.545 bits per heavy atom. The van der Waals surface area contributed by atoms with E-state index in [9.17, 15) is 0 Å². The van der Waals surface area contributed by atoms with Gasteiger partial charge in [-0.05, 0) is 91.8 Å². The Morgan fingerprint density at radius 2 is 1.09 bits per heavy atom. The molecule has 0 radical (unpaired) electrons. The normalized spacial score (nSPS) is 12.4. The average molecular weight is 857 g/mol. The van der Waals surface area contributed by atoms with Crippen molar-refractivity contribution in [2.24, 2.45) is 17.8 Å². The van der Waals surface area contributed by atoms with Crippen molar-refractivity contribution < 1.29 is 0 Å². The first-order valence-corrected chi connectivity index (χ1v) is 22.4. The highest BCUT2D eigenvalue weighted by molar-refractivity contribution is 6.16. The number of benzene rings is 9. The van der Waals surface area contributed by atoms with Gasteiger partial charge in [0.25, 0.3) is 0 Å². The van der Waals surface area contributed by atoms with Crippen LogP contribution in [0.2, 0.25) is 0 Å². The number of hydrogen-bond acceptors (Lipinski definition) is 1. The third-order valence-electron chi connectivity index (χ3n) is 12.6. The Kier molecular flexibility index (Phi) is 13.1. The number of allylic oxidation sites excluding steroid dienone is 2. The summed E-state index contributed by atoms with van der Waals surface area (Å²) in [5.74, 6) is 0.534. The van der Waals surface area contributed by atoms with Crippen LogP contribution < -0.4 is 16.2 Å². The number of nitrogens with one attached hydrogen (secondary N) is 1. The van der Waals surface area contributed by atoms with Crippen LogP contribution in [-0.4, -0.2) is 16.2 Å². The van der Waals surface area contributed by atoms with Gasteiger partial charge < -0.3 is 10.3 Å². The highest BCUT2D eigenvalue weighted by atomic mass is 14.9. The minimum absolute atomic E-state index is 0.0149. The van der Waals surface area contributed by atoms with E-state index in [1.54, 1.807) is 0 Å². The van der Waals surface area contributed by atoms with E-state index in [0.29, 0.717) is 5.84 Å². The maximum Gasteiger partial charge on any atom is 0.154 e. The van der Waals surface area contributed by atoms with Crippen molar-refractivity contribution in [1.29, 1.82) is 5.41 Å². The molecule has 0 aliphatic heterocycles. The number of amidine groups is 2. The van der Waals surface area contributed by atoms with Crippen molar-refractivity contribution in [3.63, 3.8) is 0 Å². The molecule has 3 N–H and O–H groups in total. The van der Waals surface area contributed by atoms with Crippen LogP contribution in [0.4, 0.5) is 0 Å². The van der Waals surface area contributed by atoms with Crippen molar-refractivity contribution in [3.8, 4) is 22.3 Å². The summed E-state index contributed by atoms with van der Waals surface area (Å²) in [6, 6.07) is 67.3. The lowest BCUT2D eigenvalue weighted by Gasteiger charge is -2.21. The molecule has 10 aromatic rings. The van der Waals surface area contributed by atoms with E-state index >= 15 is 0 Å². The van der Waals surface area contributed by atoms with E-state index in [1.165, 1.54) is 76.7 Å². The van der Waals surface area contributed by atoms with Gasteiger partial charge >= 0.3 is 0 Å². The van der Waals surface area contributed by atoms with Crippen LogP contribution in [0.25, 0.3) is 78.8 Å². The van der Waals surface area contributed by atoms with Crippen LogP contribution in [0.15, 0.2) is 211 Å². The molecule has 1 aromatic heterocycles. The summed E-state index contributed by atoms with van der Waals surface area (Å²) in [4.78, 5) is 4.10. The summed E-state index contributed by atoms with van der Waals surface area (Å²) in [5.41, 5.74) is 18.2. The fourth-order valence-corrected chi connectivity index (χ4v) is 8.90. The third kappa shape index (κ3) is 8.87. The first-order chi connectivity index (χ1) is 32.0. The summed E-state index contributed by atoms with van der Waals surface area (Å²) in [7, 11) is 2.21. The van der Waals surface area contributed by atoms with Crippen molar-refractivity contribution >= 4 is 68.2 Å². The van der Waals surface area contributed by atoms with Gasteiger partial charge in [-0.15, -0.1) is 0 Å². The summed E-state index contributed by atoms with van der Waals surface area (Å²) in [6.45, 7) is 16.2. The monoisotopic (exact) mass is 856 g/mol. The van der Waals surface area contributed by atoms with Gasteiger partial charge in [0.15, 0.2) is 5.84 Å². The number of hydrogen-bond donors (Lipinski definition) is 2. The van der Waals surface area contributed by atoms with Gasteiger partial charge in [0.1, 0.15) is 5.84 Å². The molecule has 0 saturated carbocycles. The molecule has 0 fully saturated rings. The van der Waals surface area contributed by atoms with Gasteiger partial charge in [-0.3, -0.25) is 5.41 Å². The van der Waals surface area contributed by atoms with Crippen LogP contribution in [0.1, 0.15) is 49.9 Å². The number of para-hydroxylation sites is 1. The van der Waals surface area contributed by atoms with Crippen molar-refractivity contribution in [1.82, 2.24) is 4.57 Å². The van der Waals surface area contributed by atoms with Gasteiger partial charge in [0.05, 0.1) is 5.52 Å². The second kappa shape index (κ2) is 19.3. The van der Waals surface area contributed by atoms with Crippen LogP contribution in [-0.2, 0) is 12.5 Å². The number of aromatic nitrogens is 1. The van der Waals surface area contributed by atoms with Crippen LogP contribution in [0.5, 0.6) is 0 Å². The largest absolute Gasteiger partial charge is 0.383 e. The Balaban J connectivity index is 0.000000168. The molecule has 4 heteroatoms. The molecule has 11 rings (SSSR count). The molecule has 1 heterocycles. The molecule has 9 aromatic carbocycles. The fourth-order valence-electron chi connectivity index (χ4n) is 8.90. The minimum atomic E-state index is -0.0149. The molecular formula is C62H56N4. The molecule has 0 atom stereocenters. The number of rotatable bonds is 3. The average Bonchev–Trinajstić information content (AvgIpc) is 3.77. The first kappa shape index (κ1) is 44.5. The van der Waals surface area contributed by atoms with E-state index in [1.807, 2.05) is 111 Å². The van der Waals surface area contributed by atoms with Crippen LogP contribution in [0, 0.1) is 5.41 Å². The minimum Gasteiger partial charge on any atom is -0.383 e. The molecule has 1 aliphatic carbocycles. The standard InChI is InChI=1S/C36H27N.C14H13N3.C8H8.C4H8/c1-36(2)31-17-16-25(20-30(31)34-26-12-7-6-9-22(26)15-18-32(34)36)27-13-8-14-28-29-19-23-10-4-5-11-24(23)21-33(29)37(3)35(27)28;15-13(11-7-3-1-4-8-11)17-14(16)12-9-5-2-6-10-12;1-7-5-3-4-6-8(7)2;1-3-4-2/h4-21H,1-3H3;1-10H,(H3,15,16,17);3-6H,1-2H2;3-4H,1-2H3/b;;;4-3-. The Labute approximate surface area is 388 Å². The van der Waals surface area contributed by atoms with E-state index in [0.717, 1.165) is 21.6 Å². The maximum absolute atomic E-state index is 7.84. The summed E-state index contributed by atoms with van der Waals surface area (Å²) >= 11 is 0. The smallest absolute Gasteiger partial charge is 0.154 e. The molecule has 1 aliphatic rings. The van der Waals surface area contributed by atoms with Crippen LogP contribution in [0.3, 0.4) is 0 Å². The van der Waals surface area contributed by atoms with Gasteiger partial charge in [-0.2, -0.15) is 0 Å². The molecule has 324 valence electrons. The number of nitrogens with zero attached hydrogens (tertiary/aromatic N) is 2. The predicted octanol–water partition coefficient (Wildman–Crippen LogP) is 14.1. The Morgan fingerprint density at radius 3 is 1.73 bits per heavy atom. The van der Waals surface area contributed by atoms with Gasteiger partial charge in [-0.1, -0.05) is 215 Å². The summed E-state index contributed by atoms with van der Waals surface area (Å²) < 4.78 is 2.38.